The Morgan fingerprint density at radius 1 is 1.18 bits per heavy atom. The summed E-state index contributed by atoms with van der Waals surface area (Å²) in [5.74, 6) is 0.991. The third-order valence-corrected chi connectivity index (χ3v) is 4.19. The summed E-state index contributed by atoms with van der Waals surface area (Å²) < 4.78 is 12.0. The van der Waals surface area contributed by atoms with Crippen LogP contribution in [0.15, 0.2) is 34.8 Å². The molecule has 2 aromatic carbocycles. The highest BCUT2D eigenvalue weighted by Crippen LogP contribution is 2.38. The van der Waals surface area contributed by atoms with Crippen molar-refractivity contribution in [2.24, 2.45) is 0 Å². The molecule has 2 aromatic rings. The first-order valence-corrected chi connectivity index (χ1v) is 8.09. The van der Waals surface area contributed by atoms with Gasteiger partial charge in [0, 0.05) is 21.2 Å². The maximum Gasteiger partial charge on any atom is 0.175 e. The Balaban J connectivity index is 2.31. The zero-order valence-corrected chi connectivity index (χ0v) is 14.8. The second kappa shape index (κ2) is 7.86. The highest BCUT2D eigenvalue weighted by molar-refractivity contribution is 9.10. The van der Waals surface area contributed by atoms with E-state index >= 15 is 0 Å². The summed E-state index contributed by atoms with van der Waals surface area (Å²) in [6.07, 6.45) is 0.752. The third-order valence-electron chi connectivity index (χ3n) is 2.89. The summed E-state index contributed by atoms with van der Waals surface area (Å²) in [4.78, 5) is 10.9. The van der Waals surface area contributed by atoms with Crippen LogP contribution >= 0.6 is 39.1 Å². The van der Waals surface area contributed by atoms with E-state index in [2.05, 4.69) is 15.9 Å². The standard InChI is InChI=1S/C16H13BrCl2O3/c1-2-21-15-7-10(8-20)6-12(17)16(15)22-9-11-13(18)4-3-5-14(11)19/h3-8H,2,9H2,1H3. The van der Waals surface area contributed by atoms with E-state index in [1.165, 1.54) is 0 Å². The van der Waals surface area contributed by atoms with Gasteiger partial charge in [0.25, 0.3) is 0 Å². The molecular weight excluding hydrogens is 391 g/mol. The van der Waals surface area contributed by atoms with Gasteiger partial charge in [-0.1, -0.05) is 29.3 Å². The van der Waals surface area contributed by atoms with Crippen LogP contribution in [0.25, 0.3) is 0 Å². The molecule has 0 radical (unpaired) electrons. The smallest absolute Gasteiger partial charge is 0.175 e. The van der Waals surface area contributed by atoms with Crippen LogP contribution in [0.1, 0.15) is 22.8 Å². The molecule has 0 saturated heterocycles. The van der Waals surface area contributed by atoms with Crippen molar-refractivity contribution in [1.82, 2.24) is 0 Å². The number of benzene rings is 2. The van der Waals surface area contributed by atoms with Crippen molar-refractivity contribution >= 4 is 45.4 Å². The van der Waals surface area contributed by atoms with Gasteiger partial charge < -0.3 is 9.47 Å². The minimum Gasteiger partial charge on any atom is -0.490 e. The Kier molecular flexibility index (Phi) is 6.12. The first kappa shape index (κ1) is 17.1. The Labute approximate surface area is 147 Å². The molecule has 0 saturated carbocycles. The first-order valence-electron chi connectivity index (χ1n) is 6.54. The van der Waals surface area contributed by atoms with Crippen LogP contribution < -0.4 is 9.47 Å². The molecule has 0 atom stereocenters. The number of carbonyl (C=O) groups is 1. The molecule has 0 aromatic heterocycles. The van der Waals surface area contributed by atoms with E-state index < -0.39 is 0 Å². The third kappa shape index (κ3) is 3.94. The molecule has 0 aliphatic carbocycles. The van der Waals surface area contributed by atoms with Gasteiger partial charge >= 0.3 is 0 Å². The van der Waals surface area contributed by atoms with E-state index in [1.807, 2.05) is 6.92 Å². The largest absolute Gasteiger partial charge is 0.490 e. The van der Waals surface area contributed by atoms with Gasteiger partial charge in [0.15, 0.2) is 11.5 Å². The van der Waals surface area contributed by atoms with Crippen molar-refractivity contribution in [3.63, 3.8) is 0 Å². The number of halogens is 3. The van der Waals surface area contributed by atoms with Gasteiger partial charge in [-0.05, 0) is 47.1 Å². The topological polar surface area (TPSA) is 35.5 Å². The SMILES string of the molecule is CCOc1cc(C=O)cc(Br)c1OCc1c(Cl)cccc1Cl. The molecular formula is C16H13BrCl2O3. The van der Waals surface area contributed by atoms with Crippen LogP contribution in [0.3, 0.4) is 0 Å². The fraction of sp³-hybridized carbons (Fsp3) is 0.188. The molecule has 22 heavy (non-hydrogen) atoms. The number of hydrogen-bond acceptors (Lipinski definition) is 3. The minimum atomic E-state index is 0.192. The maximum absolute atomic E-state index is 10.9. The molecule has 3 nitrogen and oxygen atoms in total. The molecule has 6 heteroatoms. The predicted octanol–water partition coefficient (Wildman–Crippen LogP) is 5.55. The molecule has 0 N–H and O–H groups in total. The van der Waals surface area contributed by atoms with Gasteiger partial charge in [-0.15, -0.1) is 0 Å². The van der Waals surface area contributed by atoms with E-state index in [0.717, 1.165) is 6.29 Å². The van der Waals surface area contributed by atoms with Crippen molar-refractivity contribution in [3.05, 3.63) is 56.0 Å². The molecule has 0 amide bonds. The molecule has 0 fully saturated rings. The lowest BCUT2D eigenvalue weighted by Gasteiger charge is -2.15. The normalized spacial score (nSPS) is 10.4. The van der Waals surface area contributed by atoms with E-state index in [-0.39, 0.29) is 6.61 Å². The van der Waals surface area contributed by atoms with Crippen molar-refractivity contribution in [1.29, 1.82) is 0 Å². The first-order chi connectivity index (χ1) is 10.6. The summed E-state index contributed by atoms with van der Waals surface area (Å²) in [6.45, 7) is 2.51. The van der Waals surface area contributed by atoms with Gasteiger partial charge in [0.05, 0.1) is 11.1 Å². The van der Waals surface area contributed by atoms with Gasteiger partial charge in [0.2, 0.25) is 0 Å². The lowest BCUT2D eigenvalue weighted by Crippen LogP contribution is -2.02. The Morgan fingerprint density at radius 2 is 1.86 bits per heavy atom. The van der Waals surface area contributed by atoms with Crippen LogP contribution in [0, 0.1) is 0 Å². The van der Waals surface area contributed by atoms with E-state index in [0.29, 0.717) is 43.8 Å². The number of aldehydes is 1. The zero-order valence-electron chi connectivity index (χ0n) is 11.7. The van der Waals surface area contributed by atoms with Gasteiger partial charge in [-0.3, -0.25) is 4.79 Å². The Bertz CT molecular complexity index is 669. The fourth-order valence-electron chi connectivity index (χ4n) is 1.87. The Hall–Kier alpha value is -1.23. The summed E-state index contributed by atoms with van der Waals surface area (Å²) in [5.41, 5.74) is 1.19. The molecule has 0 unspecified atom stereocenters. The van der Waals surface area contributed by atoms with E-state index in [4.69, 9.17) is 32.7 Å². The lowest BCUT2D eigenvalue weighted by atomic mass is 10.2. The quantitative estimate of drug-likeness (QED) is 0.593. The van der Waals surface area contributed by atoms with Gasteiger partial charge in [-0.25, -0.2) is 0 Å². The number of ether oxygens (including phenoxy) is 2. The van der Waals surface area contributed by atoms with Crippen LogP contribution in [0.4, 0.5) is 0 Å². The average molecular weight is 404 g/mol. The van der Waals surface area contributed by atoms with Gasteiger partial charge in [0.1, 0.15) is 12.9 Å². The average Bonchev–Trinajstić information content (AvgIpc) is 2.48. The molecule has 0 heterocycles. The molecule has 0 spiro atoms. The number of rotatable bonds is 6. The molecule has 0 bridgehead atoms. The second-order valence-corrected chi connectivity index (χ2v) is 6.04. The van der Waals surface area contributed by atoms with Crippen molar-refractivity contribution in [2.45, 2.75) is 13.5 Å². The van der Waals surface area contributed by atoms with E-state index in [1.54, 1.807) is 30.3 Å². The monoisotopic (exact) mass is 402 g/mol. The van der Waals surface area contributed by atoms with E-state index in [9.17, 15) is 4.79 Å². The van der Waals surface area contributed by atoms with Crippen LogP contribution in [-0.2, 0) is 6.61 Å². The lowest BCUT2D eigenvalue weighted by molar-refractivity contribution is 0.112. The zero-order chi connectivity index (χ0) is 16.1. The fourth-order valence-corrected chi connectivity index (χ4v) is 2.95. The maximum atomic E-state index is 10.9. The van der Waals surface area contributed by atoms with Gasteiger partial charge in [-0.2, -0.15) is 0 Å². The van der Waals surface area contributed by atoms with Crippen LogP contribution in [0.2, 0.25) is 10.0 Å². The van der Waals surface area contributed by atoms with Crippen LogP contribution in [-0.4, -0.2) is 12.9 Å². The van der Waals surface area contributed by atoms with Crippen molar-refractivity contribution in [3.8, 4) is 11.5 Å². The highest BCUT2D eigenvalue weighted by atomic mass is 79.9. The minimum absolute atomic E-state index is 0.192. The highest BCUT2D eigenvalue weighted by Gasteiger charge is 2.14. The summed E-state index contributed by atoms with van der Waals surface area (Å²) in [6, 6.07) is 8.57. The van der Waals surface area contributed by atoms with Crippen molar-refractivity contribution < 1.29 is 14.3 Å². The molecule has 0 aliphatic rings. The molecule has 0 aliphatic heterocycles. The summed E-state index contributed by atoms with van der Waals surface area (Å²) in [5, 5.41) is 1.07. The predicted molar refractivity (Wildman–Crippen MR) is 91.5 cm³/mol. The van der Waals surface area contributed by atoms with Crippen molar-refractivity contribution in [2.75, 3.05) is 6.61 Å². The summed E-state index contributed by atoms with van der Waals surface area (Å²) >= 11 is 15.7. The Morgan fingerprint density at radius 3 is 2.45 bits per heavy atom. The second-order valence-electron chi connectivity index (χ2n) is 4.37. The summed E-state index contributed by atoms with van der Waals surface area (Å²) in [7, 11) is 0. The number of hydrogen-bond donors (Lipinski definition) is 0. The molecule has 2 rings (SSSR count). The van der Waals surface area contributed by atoms with Crippen LogP contribution in [0.5, 0.6) is 11.5 Å². The number of carbonyl (C=O) groups excluding carboxylic acids is 1. The molecule has 116 valence electrons.